The van der Waals surface area contributed by atoms with Crippen molar-refractivity contribution in [2.75, 3.05) is 26.8 Å². The van der Waals surface area contributed by atoms with Crippen LogP contribution in [0.4, 0.5) is 4.79 Å². The molecule has 0 spiro atoms. The van der Waals surface area contributed by atoms with Gasteiger partial charge in [0.2, 0.25) is 0 Å². The maximum Gasteiger partial charge on any atom is 0.410 e. The van der Waals surface area contributed by atoms with Gasteiger partial charge in [0.15, 0.2) is 0 Å². The third kappa shape index (κ3) is 4.91. The normalized spacial score (nSPS) is 19.8. The summed E-state index contributed by atoms with van der Waals surface area (Å²) in [5.74, 6) is -0.411. The zero-order valence-corrected chi connectivity index (χ0v) is 11.4. The van der Waals surface area contributed by atoms with Gasteiger partial charge in [-0.3, -0.25) is 0 Å². The first-order valence-electron chi connectivity index (χ1n) is 5.98. The smallest absolute Gasteiger partial charge is 0.410 e. The summed E-state index contributed by atoms with van der Waals surface area (Å²) in [6.45, 7) is 6.43. The molecule has 0 aromatic heterocycles. The first kappa shape index (κ1) is 14.8. The molecular formula is C12H21NO5. The van der Waals surface area contributed by atoms with Gasteiger partial charge in [0, 0.05) is 6.54 Å². The fraction of sp³-hybridized carbons (Fsp3) is 0.833. The molecular weight excluding hydrogens is 238 g/mol. The summed E-state index contributed by atoms with van der Waals surface area (Å²) in [7, 11) is 1.31. The Labute approximate surface area is 107 Å². The van der Waals surface area contributed by atoms with Crippen LogP contribution in [0.15, 0.2) is 0 Å². The lowest BCUT2D eigenvalue weighted by atomic mass is 10.2. The highest BCUT2D eigenvalue weighted by Gasteiger charge is 2.30. The number of ether oxygens (including phenoxy) is 3. The van der Waals surface area contributed by atoms with Gasteiger partial charge in [-0.2, -0.15) is 0 Å². The average Bonchev–Trinajstić information content (AvgIpc) is 2.72. The van der Waals surface area contributed by atoms with Crippen LogP contribution in [0.3, 0.4) is 0 Å². The Kier molecular flexibility index (Phi) is 4.95. The zero-order valence-electron chi connectivity index (χ0n) is 11.4. The lowest BCUT2D eigenvalue weighted by molar-refractivity contribution is -0.147. The molecule has 18 heavy (non-hydrogen) atoms. The van der Waals surface area contributed by atoms with E-state index in [0.717, 1.165) is 0 Å². The van der Waals surface area contributed by atoms with Crippen LogP contribution in [0, 0.1) is 0 Å². The molecule has 1 fully saturated rings. The Balaban J connectivity index is 2.32. The SMILES string of the molecule is COC(=O)CO[C@@H]1CCN(C(=O)OC(C)(C)C)C1. The van der Waals surface area contributed by atoms with Gasteiger partial charge in [0.1, 0.15) is 12.2 Å². The van der Waals surface area contributed by atoms with E-state index in [0.29, 0.717) is 19.5 Å². The van der Waals surface area contributed by atoms with Gasteiger partial charge in [0.05, 0.1) is 19.8 Å². The van der Waals surface area contributed by atoms with Crippen LogP contribution in [-0.2, 0) is 19.0 Å². The number of amides is 1. The molecule has 6 nitrogen and oxygen atoms in total. The summed E-state index contributed by atoms with van der Waals surface area (Å²) in [4.78, 5) is 24.3. The minimum absolute atomic E-state index is 0.0800. The van der Waals surface area contributed by atoms with Gasteiger partial charge in [0.25, 0.3) is 0 Å². The van der Waals surface area contributed by atoms with Gasteiger partial charge >= 0.3 is 12.1 Å². The lowest BCUT2D eigenvalue weighted by Crippen LogP contribution is -2.36. The lowest BCUT2D eigenvalue weighted by Gasteiger charge is -2.24. The number of esters is 1. The van der Waals surface area contributed by atoms with E-state index in [9.17, 15) is 9.59 Å². The summed E-state index contributed by atoms with van der Waals surface area (Å²) in [5, 5.41) is 0. The molecule has 0 aromatic carbocycles. The molecule has 0 radical (unpaired) electrons. The van der Waals surface area contributed by atoms with Crippen LogP contribution >= 0.6 is 0 Å². The second-order valence-corrected chi connectivity index (χ2v) is 5.22. The molecule has 1 amide bonds. The van der Waals surface area contributed by atoms with Crippen molar-refractivity contribution in [3.05, 3.63) is 0 Å². The fourth-order valence-corrected chi connectivity index (χ4v) is 1.60. The van der Waals surface area contributed by atoms with E-state index in [2.05, 4.69) is 4.74 Å². The summed E-state index contributed by atoms with van der Waals surface area (Å²) in [6, 6.07) is 0. The number of nitrogens with zero attached hydrogens (tertiary/aromatic N) is 1. The zero-order chi connectivity index (χ0) is 13.8. The van der Waals surface area contributed by atoms with Crippen LogP contribution in [0.2, 0.25) is 0 Å². The number of carbonyl (C=O) groups is 2. The Hall–Kier alpha value is -1.30. The summed E-state index contributed by atoms with van der Waals surface area (Å²) in [6.07, 6.45) is 0.235. The number of hydrogen-bond acceptors (Lipinski definition) is 5. The number of carbonyl (C=O) groups excluding carboxylic acids is 2. The molecule has 0 aliphatic carbocycles. The molecule has 0 N–H and O–H groups in total. The van der Waals surface area contributed by atoms with E-state index in [1.165, 1.54) is 7.11 Å². The second-order valence-electron chi connectivity index (χ2n) is 5.22. The molecule has 1 heterocycles. The highest BCUT2D eigenvalue weighted by atomic mass is 16.6. The van der Waals surface area contributed by atoms with Gasteiger partial charge < -0.3 is 19.1 Å². The van der Waals surface area contributed by atoms with E-state index in [1.54, 1.807) is 4.90 Å². The Morgan fingerprint density at radius 3 is 2.56 bits per heavy atom. The molecule has 1 aliphatic rings. The van der Waals surface area contributed by atoms with Gasteiger partial charge in [-0.25, -0.2) is 9.59 Å². The van der Waals surface area contributed by atoms with Crippen molar-refractivity contribution in [3.63, 3.8) is 0 Å². The molecule has 1 rings (SSSR count). The van der Waals surface area contributed by atoms with E-state index in [-0.39, 0.29) is 18.8 Å². The Bertz CT molecular complexity index is 310. The molecule has 0 bridgehead atoms. The van der Waals surface area contributed by atoms with Crippen molar-refractivity contribution >= 4 is 12.1 Å². The molecule has 1 saturated heterocycles. The first-order chi connectivity index (χ1) is 8.31. The molecule has 0 saturated carbocycles. The van der Waals surface area contributed by atoms with E-state index >= 15 is 0 Å². The number of hydrogen-bond donors (Lipinski definition) is 0. The van der Waals surface area contributed by atoms with Crippen molar-refractivity contribution in [2.24, 2.45) is 0 Å². The number of rotatable bonds is 3. The fourth-order valence-electron chi connectivity index (χ4n) is 1.60. The van der Waals surface area contributed by atoms with Crippen molar-refractivity contribution in [3.8, 4) is 0 Å². The third-order valence-corrected chi connectivity index (χ3v) is 2.46. The van der Waals surface area contributed by atoms with E-state index < -0.39 is 11.6 Å². The minimum atomic E-state index is -0.498. The quantitative estimate of drug-likeness (QED) is 0.712. The highest BCUT2D eigenvalue weighted by Crippen LogP contribution is 2.17. The highest BCUT2D eigenvalue weighted by molar-refractivity contribution is 5.70. The maximum atomic E-state index is 11.8. The topological polar surface area (TPSA) is 65.1 Å². The van der Waals surface area contributed by atoms with Gasteiger partial charge in [-0.05, 0) is 27.2 Å². The predicted molar refractivity (Wildman–Crippen MR) is 64.2 cm³/mol. The molecule has 0 unspecified atom stereocenters. The Morgan fingerprint density at radius 2 is 2.00 bits per heavy atom. The summed E-state index contributed by atoms with van der Waals surface area (Å²) in [5.41, 5.74) is -0.498. The van der Waals surface area contributed by atoms with Gasteiger partial charge in [-0.1, -0.05) is 0 Å². The average molecular weight is 259 g/mol. The molecule has 1 atom stereocenters. The van der Waals surface area contributed by atoms with Gasteiger partial charge in [-0.15, -0.1) is 0 Å². The van der Waals surface area contributed by atoms with E-state index in [4.69, 9.17) is 9.47 Å². The van der Waals surface area contributed by atoms with Crippen molar-refractivity contribution in [1.29, 1.82) is 0 Å². The van der Waals surface area contributed by atoms with Crippen molar-refractivity contribution in [2.45, 2.75) is 38.9 Å². The largest absolute Gasteiger partial charge is 0.467 e. The first-order valence-corrected chi connectivity index (χ1v) is 5.98. The molecule has 0 aromatic rings. The summed E-state index contributed by atoms with van der Waals surface area (Å²) < 4.78 is 15.1. The number of methoxy groups -OCH3 is 1. The maximum absolute atomic E-state index is 11.8. The predicted octanol–water partition coefficient (Wildman–Crippen LogP) is 1.19. The third-order valence-electron chi connectivity index (χ3n) is 2.46. The van der Waals surface area contributed by atoms with Crippen LogP contribution < -0.4 is 0 Å². The van der Waals surface area contributed by atoms with Crippen LogP contribution in [0.25, 0.3) is 0 Å². The van der Waals surface area contributed by atoms with Crippen molar-refractivity contribution in [1.82, 2.24) is 4.90 Å². The molecule has 1 aliphatic heterocycles. The van der Waals surface area contributed by atoms with E-state index in [1.807, 2.05) is 20.8 Å². The monoisotopic (exact) mass is 259 g/mol. The standard InChI is InChI=1S/C12H21NO5/c1-12(2,3)18-11(15)13-6-5-9(7-13)17-8-10(14)16-4/h9H,5-8H2,1-4H3/t9-/m1/s1. The molecule has 104 valence electrons. The van der Waals surface area contributed by atoms with Crippen molar-refractivity contribution < 1.29 is 23.8 Å². The minimum Gasteiger partial charge on any atom is -0.467 e. The Morgan fingerprint density at radius 1 is 1.33 bits per heavy atom. The van der Waals surface area contributed by atoms with Crippen LogP contribution in [-0.4, -0.2) is 55.5 Å². The van der Waals surface area contributed by atoms with Crippen LogP contribution in [0.5, 0.6) is 0 Å². The van der Waals surface area contributed by atoms with Crippen LogP contribution in [0.1, 0.15) is 27.2 Å². The molecule has 6 heteroatoms. The number of likely N-dealkylation sites (tertiary alicyclic amines) is 1. The summed E-state index contributed by atoms with van der Waals surface area (Å²) >= 11 is 0. The second kappa shape index (κ2) is 6.04.